The molecule has 1 N–H and O–H groups in total. The lowest BCUT2D eigenvalue weighted by molar-refractivity contribution is 0.569. The molecule has 1 aromatic heterocycles. The average Bonchev–Trinajstić information content (AvgIpc) is 2.38. The molecule has 0 bridgehead atoms. The van der Waals surface area contributed by atoms with Crippen LogP contribution in [0.2, 0.25) is 0 Å². The van der Waals surface area contributed by atoms with Crippen LogP contribution in [0.25, 0.3) is 0 Å². The Morgan fingerprint density at radius 2 is 1.82 bits per heavy atom. The van der Waals surface area contributed by atoms with Gasteiger partial charge in [-0.3, -0.25) is 0 Å². The highest BCUT2D eigenvalue weighted by Gasteiger charge is 2.04. The molecule has 0 aliphatic carbocycles. The molecule has 0 aliphatic heterocycles. The molecule has 0 radical (unpaired) electrons. The van der Waals surface area contributed by atoms with Crippen LogP contribution in [0.4, 0.5) is 4.39 Å². The van der Waals surface area contributed by atoms with Crippen LogP contribution in [0.15, 0.2) is 43.0 Å². The first-order valence-corrected chi connectivity index (χ1v) is 5.48. The molecule has 88 valence electrons. The second-order valence-electron chi connectivity index (χ2n) is 3.90. The van der Waals surface area contributed by atoms with Gasteiger partial charge in [0, 0.05) is 30.5 Å². The third-order valence-electron chi connectivity index (χ3n) is 2.60. The first kappa shape index (κ1) is 11.7. The third-order valence-corrected chi connectivity index (χ3v) is 2.60. The van der Waals surface area contributed by atoms with Crippen molar-refractivity contribution in [1.82, 2.24) is 15.3 Å². The normalized spacial score (nSPS) is 12.4. The zero-order valence-electron chi connectivity index (χ0n) is 9.60. The summed E-state index contributed by atoms with van der Waals surface area (Å²) in [5, 5.41) is 3.33. The van der Waals surface area contributed by atoms with Crippen molar-refractivity contribution in [2.24, 2.45) is 0 Å². The van der Waals surface area contributed by atoms with Gasteiger partial charge in [-0.15, -0.1) is 0 Å². The van der Waals surface area contributed by atoms with Crippen LogP contribution in [0.1, 0.15) is 24.1 Å². The lowest BCUT2D eigenvalue weighted by atomic mass is 10.1. The molecule has 0 fully saturated rings. The zero-order chi connectivity index (χ0) is 12.1. The minimum Gasteiger partial charge on any atom is -0.306 e. The molecule has 0 aliphatic rings. The van der Waals surface area contributed by atoms with Gasteiger partial charge >= 0.3 is 0 Å². The second-order valence-corrected chi connectivity index (χ2v) is 3.90. The van der Waals surface area contributed by atoms with Crippen LogP contribution in [0.3, 0.4) is 0 Å². The Hall–Kier alpha value is -1.81. The summed E-state index contributed by atoms with van der Waals surface area (Å²) in [6.45, 7) is 2.73. The summed E-state index contributed by atoms with van der Waals surface area (Å²) in [5.74, 6) is -0.211. The van der Waals surface area contributed by atoms with Crippen molar-refractivity contribution in [3.05, 3.63) is 59.9 Å². The van der Waals surface area contributed by atoms with E-state index < -0.39 is 0 Å². The predicted octanol–water partition coefficient (Wildman–Crippen LogP) is 2.47. The molecule has 3 nitrogen and oxygen atoms in total. The molecule has 2 rings (SSSR count). The molecule has 4 heteroatoms. The lowest BCUT2D eigenvalue weighted by Gasteiger charge is -2.13. The van der Waals surface area contributed by atoms with Crippen molar-refractivity contribution in [3.8, 4) is 0 Å². The van der Waals surface area contributed by atoms with E-state index in [2.05, 4.69) is 15.3 Å². The number of nitrogens with zero attached hydrogens (tertiary/aromatic N) is 2. The number of benzene rings is 1. The van der Waals surface area contributed by atoms with Crippen LogP contribution in [-0.2, 0) is 6.54 Å². The van der Waals surface area contributed by atoms with E-state index in [0.29, 0.717) is 6.54 Å². The summed E-state index contributed by atoms with van der Waals surface area (Å²) >= 11 is 0. The molecule has 2 aromatic rings. The Labute approximate surface area is 99.7 Å². The van der Waals surface area contributed by atoms with Gasteiger partial charge in [0.1, 0.15) is 12.1 Å². The Morgan fingerprint density at radius 1 is 1.18 bits per heavy atom. The van der Waals surface area contributed by atoms with Gasteiger partial charge in [0.05, 0.1) is 0 Å². The molecule has 0 unspecified atom stereocenters. The Morgan fingerprint density at radius 3 is 2.47 bits per heavy atom. The van der Waals surface area contributed by atoms with Gasteiger partial charge in [0.15, 0.2) is 0 Å². The first-order valence-electron chi connectivity index (χ1n) is 5.48. The maximum atomic E-state index is 12.8. The number of aromatic nitrogens is 2. The fourth-order valence-electron chi connectivity index (χ4n) is 1.56. The highest BCUT2D eigenvalue weighted by atomic mass is 19.1. The molecule has 0 saturated heterocycles. The maximum absolute atomic E-state index is 12.8. The number of nitrogens with one attached hydrogen (secondary N) is 1. The number of halogens is 1. The third kappa shape index (κ3) is 3.32. The average molecular weight is 231 g/mol. The van der Waals surface area contributed by atoms with Crippen molar-refractivity contribution < 1.29 is 4.39 Å². The molecular formula is C13H14FN3. The van der Waals surface area contributed by atoms with Gasteiger partial charge in [-0.2, -0.15) is 0 Å². The molecule has 0 saturated carbocycles. The van der Waals surface area contributed by atoms with Crippen LogP contribution in [-0.4, -0.2) is 9.97 Å². The van der Waals surface area contributed by atoms with Crippen LogP contribution in [0.5, 0.6) is 0 Å². The summed E-state index contributed by atoms with van der Waals surface area (Å²) in [7, 11) is 0. The summed E-state index contributed by atoms with van der Waals surface area (Å²) in [4.78, 5) is 7.89. The predicted molar refractivity (Wildman–Crippen MR) is 63.7 cm³/mol. The van der Waals surface area contributed by atoms with Crippen molar-refractivity contribution in [3.63, 3.8) is 0 Å². The van der Waals surface area contributed by atoms with Crippen LogP contribution < -0.4 is 5.32 Å². The topological polar surface area (TPSA) is 37.8 Å². The van der Waals surface area contributed by atoms with E-state index >= 15 is 0 Å². The Balaban J connectivity index is 1.93. The molecule has 1 heterocycles. The monoisotopic (exact) mass is 231 g/mol. The van der Waals surface area contributed by atoms with Gasteiger partial charge < -0.3 is 5.32 Å². The van der Waals surface area contributed by atoms with E-state index in [4.69, 9.17) is 0 Å². The summed E-state index contributed by atoms with van der Waals surface area (Å²) < 4.78 is 12.8. The van der Waals surface area contributed by atoms with Crippen molar-refractivity contribution in [1.29, 1.82) is 0 Å². The van der Waals surface area contributed by atoms with E-state index in [0.717, 1.165) is 11.1 Å². The standard InChI is InChI=1S/C13H14FN3/c1-10(12-2-4-13(14)5-3-12)17-8-11-6-15-9-16-7-11/h2-7,9-10,17H,8H2,1H3/t10-/m1/s1. The number of hydrogen-bond acceptors (Lipinski definition) is 3. The highest BCUT2D eigenvalue weighted by molar-refractivity contribution is 5.19. The Kier molecular flexibility index (Phi) is 3.77. The highest BCUT2D eigenvalue weighted by Crippen LogP contribution is 2.13. The minimum absolute atomic E-state index is 0.163. The number of rotatable bonds is 4. The van der Waals surface area contributed by atoms with Gasteiger partial charge in [0.25, 0.3) is 0 Å². The summed E-state index contributed by atoms with van der Waals surface area (Å²) in [6.07, 6.45) is 5.06. The molecule has 0 amide bonds. The lowest BCUT2D eigenvalue weighted by Crippen LogP contribution is -2.18. The minimum atomic E-state index is -0.211. The van der Waals surface area contributed by atoms with Gasteiger partial charge in [-0.25, -0.2) is 14.4 Å². The maximum Gasteiger partial charge on any atom is 0.123 e. The molecule has 1 aromatic carbocycles. The van der Waals surface area contributed by atoms with Crippen molar-refractivity contribution in [2.75, 3.05) is 0 Å². The van der Waals surface area contributed by atoms with E-state index in [1.54, 1.807) is 24.5 Å². The SMILES string of the molecule is C[C@@H](NCc1cncnc1)c1ccc(F)cc1. The fourth-order valence-corrected chi connectivity index (χ4v) is 1.56. The molecule has 1 atom stereocenters. The number of hydrogen-bond donors (Lipinski definition) is 1. The van der Waals surface area contributed by atoms with Crippen LogP contribution >= 0.6 is 0 Å². The van der Waals surface area contributed by atoms with Crippen LogP contribution in [0, 0.1) is 5.82 Å². The zero-order valence-corrected chi connectivity index (χ0v) is 9.60. The van der Waals surface area contributed by atoms with Crippen molar-refractivity contribution >= 4 is 0 Å². The Bertz CT molecular complexity index is 456. The van der Waals surface area contributed by atoms with E-state index in [9.17, 15) is 4.39 Å². The summed E-state index contributed by atoms with van der Waals surface area (Å²) in [6, 6.07) is 6.68. The summed E-state index contributed by atoms with van der Waals surface area (Å²) in [5.41, 5.74) is 2.09. The van der Waals surface area contributed by atoms with Gasteiger partial charge in [-0.1, -0.05) is 12.1 Å². The fraction of sp³-hybridized carbons (Fsp3) is 0.231. The van der Waals surface area contributed by atoms with Gasteiger partial charge in [-0.05, 0) is 24.6 Å². The second kappa shape index (κ2) is 5.50. The largest absolute Gasteiger partial charge is 0.306 e. The quantitative estimate of drug-likeness (QED) is 0.878. The molecular weight excluding hydrogens is 217 g/mol. The van der Waals surface area contributed by atoms with Gasteiger partial charge in [0.2, 0.25) is 0 Å². The van der Waals surface area contributed by atoms with E-state index in [-0.39, 0.29) is 11.9 Å². The molecule has 17 heavy (non-hydrogen) atoms. The van der Waals surface area contributed by atoms with E-state index in [1.807, 2.05) is 6.92 Å². The van der Waals surface area contributed by atoms with Crippen molar-refractivity contribution in [2.45, 2.75) is 19.5 Å². The molecule has 0 spiro atoms. The first-order chi connectivity index (χ1) is 8.25. The van der Waals surface area contributed by atoms with E-state index in [1.165, 1.54) is 18.5 Å². The smallest absolute Gasteiger partial charge is 0.123 e.